The Bertz CT molecular complexity index is 1410. The van der Waals surface area contributed by atoms with Gasteiger partial charge >= 0.3 is 0 Å². The number of benzene rings is 2. The third-order valence-electron chi connectivity index (χ3n) is 8.24. The van der Waals surface area contributed by atoms with Gasteiger partial charge in [-0.25, -0.2) is 0 Å². The Labute approximate surface area is 224 Å². The molecule has 4 aromatic rings. The van der Waals surface area contributed by atoms with Crippen LogP contribution in [0.25, 0.3) is 33.0 Å². The highest BCUT2D eigenvalue weighted by molar-refractivity contribution is 6.11. The van der Waals surface area contributed by atoms with Crippen molar-refractivity contribution in [2.75, 3.05) is 91.2 Å². The van der Waals surface area contributed by atoms with Crippen molar-refractivity contribution in [2.24, 2.45) is 7.05 Å². The number of pyridine rings is 1. The summed E-state index contributed by atoms with van der Waals surface area (Å²) in [6.07, 6.45) is 1.07. The van der Waals surface area contributed by atoms with Crippen LogP contribution in [0.15, 0.2) is 46.9 Å². The third kappa shape index (κ3) is 5.18. The second-order valence-corrected chi connectivity index (χ2v) is 10.9. The molecule has 6 rings (SSSR count). The molecule has 0 radical (unpaired) electrons. The number of likely N-dealkylation sites (N-methyl/N-ethyl adjacent to an activating group) is 1. The molecule has 4 heterocycles. The van der Waals surface area contributed by atoms with E-state index in [0.717, 1.165) is 117 Å². The first-order valence-corrected chi connectivity index (χ1v) is 14.0. The Morgan fingerprint density at radius 2 is 1.79 bits per heavy atom. The van der Waals surface area contributed by atoms with Crippen molar-refractivity contribution in [3.8, 4) is 5.75 Å². The van der Waals surface area contributed by atoms with E-state index in [1.807, 2.05) is 12.1 Å². The minimum atomic E-state index is 0.683. The number of aromatic nitrogens is 1. The molecule has 0 saturated carbocycles. The summed E-state index contributed by atoms with van der Waals surface area (Å²) in [5.74, 6) is 0.883. The number of anilines is 1. The number of hydrogen-bond donors (Lipinski definition) is 1. The summed E-state index contributed by atoms with van der Waals surface area (Å²) >= 11 is 0. The largest absolute Gasteiger partial charge is 0.488 e. The van der Waals surface area contributed by atoms with Crippen molar-refractivity contribution in [3.05, 3.63) is 42.5 Å². The fourth-order valence-electron chi connectivity index (χ4n) is 5.78. The molecule has 2 fully saturated rings. The van der Waals surface area contributed by atoms with E-state index < -0.39 is 0 Å². The van der Waals surface area contributed by atoms with E-state index in [0.29, 0.717) is 6.61 Å². The molecule has 2 aliphatic heterocycles. The number of morpholine rings is 2. The molecule has 0 amide bonds. The van der Waals surface area contributed by atoms with Crippen molar-refractivity contribution in [2.45, 2.75) is 6.42 Å². The van der Waals surface area contributed by atoms with Crippen LogP contribution in [-0.2, 0) is 16.5 Å². The SMILES string of the molecule is C[n+]1c2ccccc2c(NCCCN2CCOCC2)c2oc3ccc(OCC[N+]4(C)CCOCC4)cc3c21. The highest BCUT2D eigenvalue weighted by atomic mass is 16.5. The number of nitrogens with zero attached hydrogens (tertiary/aromatic N) is 3. The fourth-order valence-corrected chi connectivity index (χ4v) is 5.78. The molecule has 0 spiro atoms. The lowest BCUT2D eigenvalue weighted by Crippen LogP contribution is -2.53. The number of ether oxygens (including phenoxy) is 3. The fraction of sp³-hybridized carbons (Fsp3) is 0.500. The van der Waals surface area contributed by atoms with Gasteiger partial charge in [-0.15, -0.1) is 0 Å². The zero-order valence-electron chi connectivity index (χ0n) is 22.7. The first-order chi connectivity index (χ1) is 18.6. The number of aryl methyl sites for hydroxylation is 1. The quantitative estimate of drug-likeness (QED) is 0.207. The van der Waals surface area contributed by atoms with Gasteiger partial charge in [0.1, 0.15) is 44.6 Å². The van der Waals surface area contributed by atoms with Crippen molar-refractivity contribution in [3.63, 3.8) is 0 Å². The summed E-state index contributed by atoms with van der Waals surface area (Å²) in [4.78, 5) is 2.48. The molecular formula is C30H40N4O4+2. The molecular weight excluding hydrogens is 480 g/mol. The molecule has 1 N–H and O–H groups in total. The summed E-state index contributed by atoms with van der Waals surface area (Å²) in [5, 5.41) is 5.99. The predicted molar refractivity (Wildman–Crippen MR) is 150 cm³/mol. The van der Waals surface area contributed by atoms with E-state index in [1.165, 1.54) is 10.9 Å². The second-order valence-electron chi connectivity index (χ2n) is 10.9. The first-order valence-electron chi connectivity index (χ1n) is 14.0. The van der Waals surface area contributed by atoms with Gasteiger partial charge in [0, 0.05) is 25.7 Å². The lowest BCUT2D eigenvalue weighted by molar-refractivity contribution is -0.916. The average molecular weight is 521 g/mol. The van der Waals surface area contributed by atoms with Crippen LogP contribution in [-0.4, -0.2) is 95.3 Å². The van der Waals surface area contributed by atoms with Crippen molar-refractivity contribution >= 4 is 38.7 Å². The number of furan rings is 1. The molecule has 8 nitrogen and oxygen atoms in total. The Morgan fingerprint density at radius 3 is 2.63 bits per heavy atom. The van der Waals surface area contributed by atoms with Crippen LogP contribution in [0.3, 0.4) is 0 Å². The lowest BCUT2D eigenvalue weighted by atomic mass is 10.1. The first kappa shape index (κ1) is 25.4. The van der Waals surface area contributed by atoms with Gasteiger partial charge < -0.3 is 28.4 Å². The van der Waals surface area contributed by atoms with Gasteiger partial charge in [0.15, 0.2) is 0 Å². The van der Waals surface area contributed by atoms with Crippen LogP contribution in [0.4, 0.5) is 5.69 Å². The minimum absolute atomic E-state index is 0.683. The predicted octanol–water partition coefficient (Wildman–Crippen LogP) is 3.55. The standard InChI is InChI=1S/C30H39N4O4/c1-32-26-7-4-3-6-24(26)28(31-10-5-11-33-12-17-35-18-13-33)30-29(32)25-22-23(8-9-27(25)38-30)37-21-16-34(2)14-19-36-20-15-34/h3-4,6-9,22H,5,10-21H2,1-2H3/q+1/p+1. The van der Waals surface area contributed by atoms with E-state index in [-0.39, 0.29) is 0 Å². The topological polar surface area (TPSA) is 60.0 Å². The van der Waals surface area contributed by atoms with Crippen molar-refractivity contribution < 1.29 is 27.7 Å². The van der Waals surface area contributed by atoms with Crippen LogP contribution >= 0.6 is 0 Å². The van der Waals surface area contributed by atoms with Gasteiger partial charge in [0.25, 0.3) is 5.52 Å². The van der Waals surface area contributed by atoms with Crippen LogP contribution in [0.1, 0.15) is 6.42 Å². The summed E-state index contributed by atoms with van der Waals surface area (Å²) in [6.45, 7) is 11.1. The highest BCUT2D eigenvalue weighted by Crippen LogP contribution is 2.37. The smallest absolute Gasteiger partial charge is 0.261 e. The van der Waals surface area contributed by atoms with E-state index in [4.69, 9.17) is 18.6 Å². The average Bonchev–Trinajstić information content (AvgIpc) is 3.32. The van der Waals surface area contributed by atoms with Crippen LogP contribution in [0.5, 0.6) is 5.75 Å². The summed E-state index contributed by atoms with van der Waals surface area (Å²) in [5.41, 5.74) is 5.11. The van der Waals surface area contributed by atoms with Gasteiger partial charge in [-0.3, -0.25) is 4.90 Å². The number of fused-ring (bicyclic) bond motifs is 4. The minimum Gasteiger partial charge on any atom is -0.488 e. The monoisotopic (exact) mass is 520 g/mol. The molecule has 2 aromatic heterocycles. The Balaban J connectivity index is 1.26. The van der Waals surface area contributed by atoms with Gasteiger partial charge in [-0.1, -0.05) is 12.1 Å². The van der Waals surface area contributed by atoms with Crippen molar-refractivity contribution in [1.82, 2.24) is 4.90 Å². The van der Waals surface area contributed by atoms with Crippen LogP contribution in [0, 0.1) is 0 Å². The lowest BCUT2D eigenvalue weighted by Gasteiger charge is -2.37. The molecule has 0 aliphatic carbocycles. The Kier molecular flexibility index (Phi) is 7.39. The molecule has 0 unspecified atom stereocenters. The Morgan fingerprint density at radius 1 is 1.00 bits per heavy atom. The van der Waals surface area contributed by atoms with Crippen LogP contribution in [0.2, 0.25) is 0 Å². The zero-order valence-corrected chi connectivity index (χ0v) is 22.7. The molecule has 2 aliphatic rings. The molecule has 8 heteroatoms. The number of quaternary nitrogens is 1. The van der Waals surface area contributed by atoms with Gasteiger partial charge in [-0.2, -0.15) is 4.57 Å². The molecule has 2 saturated heterocycles. The zero-order chi connectivity index (χ0) is 26.0. The number of nitrogens with one attached hydrogen (secondary N) is 1. The maximum absolute atomic E-state index is 6.51. The molecule has 0 bridgehead atoms. The number of hydrogen-bond acceptors (Lipinski definition) is 6. The van der Waals surface area contributed by atoms with E-state index in [9.17, 15) is 0 Å². The maximum atomic E-state index is 6.51. The van der Waals surface area contributed by atoms with Gasteiger partial charge in [-0.05, 0) is 37.2 Å². The van der Waals surface area contributed by atoms with Crippen molar-refractivity contribution in [1.29, 1.82) is 0 Å². The maximum Gasteiger partial charge on any atom is 0.261 e. The summed E-state index contributed by atoms with van der Waals surface area (Å²) in [6, 6.07) is 14.8. The third-order valence-corrected chi connectivity index (χ3v) is 8.24. The van der Waals surface area contributed by atoms with Gasteiger partial charge in [0.05, 0.1) is 49.9 Å². The molecule has 38 heavy (non-hydrogen) atoms. The normalized spacial score (nSPS) is 18.4. The van der Waals surface area contributed by atoms with E-state index >= 15 is 0 Å². The number of para-hydroxylation sites is 1. The Hall–Kier alpha value is -2.91. The molecule has 2 aromatic carbocycles. The van der Waals surface area contributed by atoms with E-state index in [1.54, 1.807) is 0 Å². The summed E-state index contributed by atoms with van der Waals surface area (Å²) in [7, 11) is 4.41. The second kappa shape index (κ2) is 11.1. The number of rotatable bonds is 9. The van der Waals surface area contributed by atoms with E-state index in [2.05, 4.69) is 59.2 Å². The summed E-state index contributed by atoms with van der Waals surface area (Å²) < 4.78 is 27.0. The molecule has 0 atom stereocenters. The molecule has 202 valence electrons. The highest BCUT2D eigenvalue weighted by Gasteiger charge is 2.26. The van der Waals surface area contributed by atoms with Gasteiger partial charge in [0.2, 0.25) is 11.1 Å². The van der Waals surface area contributed by atoms with Crippen LogP contribution < -0.4 is 14.6 Å².